The van der Waals surface area contributed by atoms with Gasteiger partial charge in [-0.2, -0.15) is 0 Å². The number of fused-ring (bicyclic) bond motifs is 1. The monoisotopic (exact) mass is 374 g/mol. The third-order valence-electron chi connectivity index (χ3n) is 5.21. The molecule has 2 aliphatic heterocycles. The highest BCUT2D eigenvalue weighted by atomic mass is 16.6. The van der Waals surface area contributed by atoms with Crippen molar-refractivity contribution < 1.29 is 23.8 Å². The van der Waals surface area contributed by atoms with Gasteiger partial charge in [0, 0.05) is 11.5 Å². The zero-order valence-electron chi connectivity index (χ0n) is 15.5. The third-order valence-corrected chi connectivity index (χ3v) is 5.21. The zero-order valence-corrected chi connectivity index (χ0v) is 15.5. The first-order valence-electron chi connectivity index (χ1n) is 9.73. The Morgan fingerprint density at radius 1 is 1.11 bits per heavy atom. The highest BCUT2D eigenvalue weighted by Gasteiger charge is 2.49. The largest absolute Gasteiger partial charge is 0.494 e. The Labute approximate surface area is 158 Å². The van der Waals surface area contributed by atoms with E-state index in [1.165, 1.54) is 0 Å². The standard InChI is InChI=1S/C20H26N2O5/c1-2-8-25-14-5-3-4-13(9-14)20(24)22-16-11-27-17-15(10-26-18(16)17)21-19(23)12-6-7-12/h3-5,9,12,15-18H,2,6-8,10-11H2,1H3,(H,21,23)(H,22,24). The van der Waals surface area contributed by atoms with Crippen molar-refractivity contribution in [1.29, 1.82) is 0 Å². The van der Waals surface area contributed by atoms with Crippen molar-refractivity contribution in [1.82, 2.24) is 10.6 Å². The molecule has 1 saturated carbocycles. The maximum Gasteiger partial charge on any atom is 0.251 e. The molecular formula is C20H26N2O5. The molecule has 0 aromatic heterocycles. The van der Waals surface area contributed by atoms with E-state index in [9.17, 15) is 9.59 Å². The summed E-state index contributed by atoms with van der Waals surface area (Å²) in [6.45, 7) is 3.45. The van der Waals surface area contributed by atoms with Crippen LogP contribution in [-0.4, -0.2) is 55.9 Å². The van der Waals surface area contributed by atoms with Crippen molar-refractivity contribution >= 4 is 11.8 Å². The molecule has 3 fully saturated rings. The fraction of sp³-hybridized carbons (Fsp3) is 0.600. The summed E-state index contributed by atoms with van der Waals surface area (Å²) in [5, 5.41) is 6.03. The van der Waals surface area contributed by atoms with Crippen molar-refractivity contribution in [2.45, 2.75) is 50.5 Å². The average Bonchev–Trinajstić information content (AvgIpc) is 3.36. The molecule has 3 aliphatic rings. The minimum Gasteiger partial charge on any atom is -0.494 e. The van der Waals surface area contributed by atoms with Gasteiger partial charge in [-0.15, -0.1) is 0 Å². The van der Waals surface area contributed by atoms with Crippen LogP contribution in [0.3, 0.4) is 0 Å². The quantitative estimate of drug-likeness (QED) is 0.751. The van der Waals surface area contributed by atoms with Gasteiger partial charge >= 0.3 is 0 Å². The van der Waals surface area contributed by atoms with Gasteiger partial charge in [-0.05, 0) is 37.5 Å². The van der Waals surface area contributed by atoms with Crippen LogP contribution < -0.4 is 15.4 Å². The lowest BCUT2D eigenvalue weighted by atomic mass is 10.1. The van der Waals surface area contributed by atoms with Crippen LogP contribution in [-0.2, 0) is 14.3 Å². The van der Waals surface area contributed by atoms with Crippen LogP contribution in [0.4, 0.5) is 0 Å². The molecular weight excluding hydrogens is 348 g/mol. The third kappa shape index (κ3) is 4.09. The van der Waals surface area contributed by atoms with E-state index >= 15 is 0 Å². The molecule has 2 N–H and O–H groups in total. The van der Waals surface area contributed by atoms with E-state index < -0.39 is 0 Å². The molecule has 4 unspecified atom stereocenters. The van der Waals surface area contributed by atoms with E-state index in [1.807, 2.05) is 19.1 Å². The molecule has 27 heavy (non-hydrogen) atoms. The Morgan fingerprint density at radius 2 is 1.81 bits per heavy atom. The summed E-state index contributed by atoms with van der Waals surface area (Å²) in [6, 6.07) is 6.78. The normalized spacial score (nSPS) is 29.2. The number of hydrogen-bond acceptors (Lipinski definition) is 5. The van der Waals surface area contributed by atoms with Crippen LogP contribution in [0.5, 0.6) is 5.75 Å². The van der Waals surface area contributed by atoms with Crippen molar-refractivity contribution in [3.63, 3.8) is 0 Å². The number of benzene rings is 1. The van der Waals surface area contributed by atoms with Crippen LogP contribution in [0.1, 0.15) is 36.5 Å². The molecule has 0 spiro atoms. The lowest BCUT2D eigenvalue weighted by Gasteiger charge is -2.18. The van der Waals surface area contributed by atoms with Gasteiger partial charge in [-0.3, -0.25) is 9.59 Å². The summed E-state index contributed by atoms with van der Waals surface area (Å²) in [7, 11) is 0. The molecule has 2 saturated heterocycles. The molecule has 1 aromatic rings. The molecule has 0 bridgehead atoms. The molecule has 1 aliphatic carbocycles. The second kappa shape index (κ2) is 7.86. The Balaban J connectivity index is 1.34. The molecule has 1 aromatic carbocycles. The summed E-state index contributed by atoms with van der Waals surface area (Å²) in [5.74, 6) is 0.748. The van der Waals surface area contributed by atoms with Gasteiger partial charge in [0.05, 0.1) is 31.9 Å². The summed E-state index contributed by atoms with van der Waals surface area (Å²) < 4.78 is 17.3. The highest BCUT2D eigenvalue weighted by molar-refractivity contribution is 5.94. The van der Waals surface area contributed by atoms with Crippen molar-refractivity contribution in [2.24, 2.45) is 5.92 Å². The summed E-state index contributed by atoms with van der Waals surface area (Å²) in [5.41, 5.74) is 0.545. The number of carbonyl (C=O) groups is 2. The van der Waals surface area contributed by atoms with E-state index in [0.717, 1.165) is 19.3 Å². The minimum atomic E-state index is -0.238. The summed E-state index contributed by atoms with van der Waals surface area (Å²) >= 11 is 0. The van der Waals surface area contributed by atoms with Crippen molar-refractivity contribution in [3.05, 3.63) is 29.8 Å². The molecule has 4 rings (SSSR count). The van der Waals surface area contributed by atoms with E-state index in [1.54, 1.807) is 12.1 Å². The van der Waals surface area contributed by atoms with Gasteiger partial charge < -0.3 is 24.8 Å². The number of ether oxygens (including phenoxy) is 3. The molecule has 2 heterocycles. The smallest absolute Gasteiger partial charge is 0.251 e. The predicted molar refractivity (Wildman–Crippen MR) is 97.6 cm³/mol. The van der Waals surface area contributed by atoms with Crippen LogP contribution >= 0.6 is 0 Å². The maximum atomic E-state index is 12.6. The zero-order chi connectivity index (χ0) is 18.8. The van der Waals surface area contributed by atoms with Gasteiger partial charge in [0.1, 0.15) is 18.0 Å². The van der Waals surface area contributed by atoms with Gasteiger partial charge in [0.2, 0.25) is 5.91 Å². The summed E-state index contributed by atoms with van der Waals surface area (Å²) in [6.07, 6.45) is 2.40. The Bertz CT molecular complexity index is 705. The Hall–Kier alpha value is -2.12. The Kier molecular flexibility index (Phi) is 5.31. The molecule has 146 valence electrons. The highest BCUT2D eigenvalue weighted by Crippen LogP contribution is 2.31. The van der Waals surface area contributed by atoms with Gasteiger partial charge in [0.15, 0.2) is 0 Å². The van der Waals surface area contributed by atoms with Gasteiger partial charge in [-0.25, -0.2) is 0 Å². The van der Waals surface area contributed by atoms with Gasteiger partial charge in [-0.1, -0.05) is 13.0 Å². The second-order valence-electron chi connectivity index (χ2n) is 7.44. The fourth-order valence-corrected chi connectivity index (χ4v) is 3.59. The van der Waals surface area contributed by atoms with Crippen LogP contribution in [0.25, 0.3) is 0 Å². The van der Waals surface area contributed by atoms with Crippen LogP contribution in [0.15, 0.2) is 24.3 Å². The van der Waals surface area contributed by atoms with Crippen LogP contribution in [0.2, 0.25) is 0 Å². The maximum absolute atomic E-state index is 12.6. The Morgan fingerprint density at radius 3 is 2.48 bits per heavy atom. The van der Waals surface area contributed by atoms with E-state index in [4.69, 9.17) is 14.2 Å². The second-order valence-corrected chi connectivity index (χ2v) is 7.44. The van der Waals surface area contributed by atoms with E-state index in [2.05, 4.69) is 10.6 Å². The molecule has 7 nitrogen and oxygen atoms in total. The first-order valence-corrected chi connectivity index (χ1v) is 9.73. The average molecular weight is 374 g/mol. The number of nitrogens with one attached hydrogen (secondary N) is 2. The lowest BCUT2D eigenvalue weighted by Crippen LogP contribution is -2.47. The first kappa shape index (κ1) is 18.3. The number of rotatable bonds is 7. The molecule has 0 radical (unpaired) electrons. The van der Waals surface area contributed by atoms with Crippen LogP contribution in [0, 0.1) is 5.92 Å². The first-order chi connectivity index (χ1) is 13.2. The van der Waals surface area contributed by atoms with Gasteiger partial charge in [0.25, 0.3) is 5.91 Å². The SMILES string of the molecule is CCCOc1cccc(C(=O)NC2COC3C(NC(=O)C4CC4)COC23)c1. The number of carbonyl (C=O) groups excluding carboxylic acids is 2. The lowest BCUT2D eigenvalue weighted by molar-refractivity contribution is -0.123. The van der Waals surface area contributed by atoms with E-state index in [0.29, 0.717) is 31.1 Å². The molecule has 4 atom stereocenters. The topological polar surface area (TPSA) is 85.9 Å². The van der Waals surface area contributed by atoms with Crippen molar-refractivity contribution in [2.75, 3.05) is 19.8 Å². The van der Waals surface area contributed by atoms with Crippen molar-refractivity contribution in [3.8, 4) is 5.75 Å². The molecule has 2 amide bonds. The predicted octanol–water partition coefficient (Wildman–Crippen LogP) is 1.27. The molecule has 7 heteroatoms. The number of amides is 2. The minimum absolute atomic E-state index is 0.0872. The number of hydrogen-bond donors (Lipinski definition) is 2. The van der Waals surface area contributed by atoms with E-state index in [-0.39, 0.29) is 42.0 Å². The fourth-order valence-electron chi connectivity index (χ4n) is 3.59. The summed E-state index contributed by atoms with van der Waals surface area (Å²) in [4.78, 5) is 24.6.